The zero-order chi connectivity index (χ0) is 62.0. The fourth-order valence-electron chi connectivity index (χ4n) is 6.82. The Morgan fingerprint density at radius 2 is 1.00 bits per heavy atom. The molecule has 0 radical (unpaired) electrons. The molecule has 0 atom stereocenters. The minimum atomic E-state index is 0. The number of rotatable bonds is 12. The number of benzene rings is 1. The van der Waals surface area contributed by atoms with Gasteiger partial charge in [0.2, 0.25) is 5.69 Å². The summed E-state index contributed by atoms with van der Waals surface area (Å²) < 4.78 is 4.00. The largest absolute Gasteiger partial charge is 0.282 e. The van der Waals surface area contributed by atoms with Crippen molar-refractivity contribution in [1.82, 2.24) is 45.7 Å². The van der Waals surface area contributed by atoms with E-state index in [2.05, 4.69) is 315 Å². The number of hydrogen-bond donors (Lipinski definition) is 3. The van der Waals surface area contributed by atoms with Gasteiger partial charge in [0.1, 0.15) is 6.04 Å². The molecular formula is C70H128N11+. The van der Waals surface area contributed by atoms with Crippen molar-refractivity contribution in [1.29, 1.82) is 0 Å². The second-order valence-electron chi connectivity index (χ2n) is 26.2. The Kier molecular flexibility index (Phi) is 43.0. The molecule has 0 saturated carbocycles. The van der Waals surface area contributed by atoms with Crippen molar-refractivity contribution >= 4 is 5.71 Å². The number of hydrogen-bond acceptors (Lipinski definition) is 6. The Hall–Kier alpha value is -5.19. The van der Waals surface area contributed by atoms with E-state index in [1.165, 1.54) is 34.7 Å². The molecule has 4 aromatic heterocycles. The molecule has 5 aromatic rings. The quantitative estimate of drug-likeness (QED) is 0.107. The van der Waals surface area contributed by atoms with Crippen LogP contribution in [0.3, 0.4) is 0 Å². The van der Waals surface area contributed by atoms with Gasteiger partial charge >= 0.3 is 0 Å². The second-order valence-corrected chi connectivity index (χ2v) is 26.2. The lowest BCUT2D eigenvalue weighted by Crippen LogP contribution is -2.37. The summed E-state index contributed by atoms with van der Waals surface area (Å²) in [6.45, 7) is 65.1. The lowest BCUT2D eigenvalue weighted by molar-refractivity contribution is -0.771. The van der Waals surface area contributed by atoms with Crippen LogP contribution in [0.25, 0.3) is 0 Å². The third-order valence-electron chi connectivity index (χ3n) is 12.1. The first-order valence-electron chi connectivity index (χ1n) is 30.8. The van der Waals surface area contributed by atoms with Crippen LogP contribution in [0, 0.1) is 29.6 Å². The molecule has 1 aliphatic heterocycles. The van der Waals surface area contributed by atoms with Crippen molar-refractivity contribution in [2.24, 2.45) is 34.6 Å². The molecule has 1 aromatic carbocycles. The van der Waals surface area contributed by atoms with E-state index in [0.29, 0.717) is 65.3 Å². The molecule has 5 heterocycles. The predicted octanol–water partition coefficient (Wildman–Crippen LogP) is 21.0. The highest BCUT2D eigenvalue weighted by Gasteiger charge is 2.16. The van der Waals surface area contributed by atoms with Gasteiger partial charge in [0.15, 0.2) is 6.20 Å². The highest BCUT2D eigenvalue weighted by molar-refractivity contribution is 5.89. The van der Waals surface area contributed by atoms with Gasteiger partial charge in [-0.05, 0) is 122 Å². The molecule has 0 saturated heterocycles. The normalized spacial score (nSPS) is 12.4. The van der Waals surface area contributed by atoms with E-state index in [1.807, 2.05) is 27.8 Å². The molecule has 81 heavy (non-hydrogen) atoms. The number of allylic oxidation sites excluding steroid dienone is 5. The van der Waals surface area contributed by atoms with Crippen molar-refractivity contribution < 1.29 is 4.68 Å². The summed E-state index contributed by atoms with van der Waals surface area (Å²) in [6.07, 6.45) is 15.1. The predicted molar refractivity (Wildman–Crippen MR) is 356 cm³/mol. The van der Waals surface area contributed by atoms with E-state index >= 15 is 0 Å². The summed E-state index contributed by atoms with van der Waals surface area (Å²) in [5.74, 6) is 7.43. The summed E-state index contributed by atoms with van der Waals surface area (Å²) in [4.78, 5) is 4.17. The first-order chi connectivity index (χ1) is 37.1. The third-order valence-corrected chi connectivity index (χ3v) is 12.1. The van der Waals surface area contributed by atoms with Gasteiger partial charge in [-0.3, -0.25) is 14.8 Å². The monoisotopic (exact) mass is 1120 g/mol. The average molecular weight is 1120 g/mol. The number of aromatic amines is 3. The smallest absolute Gasteiger partial charge is 0.220 e. The fourth-order valence-corrected chi connectivity index (χ4v) is 6.82. The summed E-state index contributed by atoms with van der Waals surface area (Å²) in [5.41, 5.74) is 12.7. The summed E-state index contributed by atoms with van der Waals surface area (Å²) in [7, 11) is 0. The van der Waals surface area contributed by atoms with E-state index in [4.69, 9.17) is 0 Å². The lowest BCUT2D eigenvalue weighted by Gasteiger charge is -2.04. The maximum absolute atomic E-state index is 4.43. The van der Waals surface area contributed by atoms with Crippen molar-refractivity contribution in [3.8, 4) is 0 Å². The minimum Gasteiger partial charge on any atom is -0.282 e. The minimum absolute atomic E-state index is 0. The average Bonchev–Trinajstić information content (AvgIpc) is 4.23. The number of nitrogens with one attached hydrogen (secondary N) is 3. The van der Waals surface area contributed by atoms with Crippen LogP contribution in [0.5, 0.6) is 0 Å². The van der Waals surface area contributed by atoms with Crippen LogP contribution < -0.4 is 4.68 Å². The molecule has 462 valence electrons. The van der Waals surface area contributed by atoms with Crippen LogP contribution in [-0.2, 0) is 0 Å². The SMILES string of the molecule is C.CC(C)C.CC(C)C.CC(C)C1=CCC(C(C)C)=C1.CC(C)C1=NC=CC1.CC(C)c1c[n+](C(C)C)[nH]n1.CC(C)c1cc(C(C)C)[nH]n1.CC(C)c1ccccc1.CC(C)c1ccn(C(C)C)n1.CC(C)c1n[nH]nc1C(C)C. The van der Waals surface area contributed by atoms with Crippen molar-refractivity contribution in [2.75, 3.05) is 0 Å². The molecule has 7 rings (SSSR count). The van der Waals surface area contributed by atoms with Gasteiger partial charge in [0.25, 0.3) is 0 Å². The van der Waals surface area contributed by atoms with Gasteiger partial charge in [0.05, 0.1) is 22.8 Å². The van der Waals surface area contributed by atoms with Gasteiger partial charge in [-0.2, -0.15) is 30.3 Å². The highest BCUT2D eigenvalue weighted by atomic mass is 15.4. The van der Waals surface area contributed by atoms with Crippen molar-refractivity contribution in [3.05, 3.63) is 130 Å². The Morgan fingerprint density at radius 3 is 1.25 bits per heavy atom. The lowest BCUT2D eigenvalue weighted by atomic mass is 10.0. The zero-order valence-electron chi connectivity index (χ0n) is 57.1. The first-order valence-corrected chi connectivity index (χ1v) is 30.8. The third kappa shape index (κ3) is 36.8. The number of aromatic nitrogens is 10. The van der Waals surface area contributed by atoms with Crippen LogP contribution in [0.2, 0.25) is 0 Å². The van der Waals surface area contributed by atoms with Crippen LogP contribution in [0.1, 0.15) is 321 Å². The van der Waals surface area contributed by atoms with Gasteiger partial charge in [-0.1, -0.05) is 247 Å². The van der Waals surface area contributed by atoms with Gasteiger partial charge in [0, 0.05) is 47.3 Å². The van der Waals surface area contributed by atoms with E-state index in [9.17, 15) is 0 Å². The number of H-pyrrole nitrogens is 3. The van der Waals surface area contributed by atoms with Crippen molar-refractivity contribution in [2.45, 2.75) is 281 Å². The van der Waals surface area contributed by atoms with Crippen molar-refractivity contribution in [3.63, 3.8) is 0 Å². The molecule has 0 unspecified atom stereocenters. The Labute approximate surface area is 500 Å². The molecule has 2 aliphatic rings. The molecule has 0 spiro atoms. The van der Waals surface area contributed by atoms with Crippen LogP contribution >= 0.6 is 0 Å². The molecular weight excluding hydrogens is 995 g/mol. The molecule has 1 aliphatic carbocycles. The summed E-state index contributed by atoms with van der Waals surface area (Å²) >= 11 is 0. The zero-order valence-corrected chi connectivity index (χ0v) is 57.1. The van der Waals surface area contributed by atoms with Gasteiger partial charge < -0.3 is 0 Å². The number of aliphatic imine (C=N–C) groups is 1. The van der Waals surface area contributed by atoms with E-state index in [-0.39, 0.29) is 7.43 Å². The Balaban J connectivity index is -0.000000857. The standard InChI is InChI=1S/C11H18.2C9H16N2.C9H12.2C8H15N3.C7H11N.2C4H10.CH4/c1-8(2)10-5-6-11(7-10)9(3)4;1-7(2)9-5-6-11(10-9)8(3)4;1-6(2)8-5-9(7(3)4)11-10-8;1-8(2)9-6-4-3-5-7-9;1-6(2)8-5-11(7(3)4)10-9-8;1-5(2)7-8(6(3)4)10-11-9-7;1-6(2)7-4-3-5-8-7;2*1-4(2)3;/h5,7-9H,6H2,1-4H3;5-8H,1-4H3;5-7H,1-4H3,(H,10,11);3-8H,1-2H3;5-7H,1-4H3;5-6H,1-4H3,(H,9,10,11);3,5-6H,4H2,1-2H3;2*4H,1-3H3;1H4/p+1. The maximum atomic E-state index is 4.43. The fraction of sp³-hybridized carbons (Fsp3) is 0.671. The topological polar surface area (TPSA) is 133 Å². The first kappa shape index (κ1) is 80.0. The number of nitrogens with zero attached hydrogens (tertiary/aromatic N) is 8. The molecule has 0 fully saturated rings. The van der Waals surface area contributed by atoms with E-state index in [1.54, 1.807) is 5.57 Å². The summed E-state index contributed by atoms with van der Waals surface area (Å²) in [6, 6.07) is 15.7. The highest BCUT2D eigenvalue weighted by Crippen LogP contribution is 2.28. The van der Waals surface area contributed by atoms with Crippen LogP contribution in [0.15, 0.2) is 95.4 Å². The molecule has 0 bridgehead atoms. The Bertz CT molecular complexity index is 2180. The molecule has 3 N–H and O–H groups in total. The second kappa shape index (κ2) is 43.5. The summed E-state index contributed by atoms with van der Waals surface area (Å²) in [5, 5.41) is 29.7. The molecule has 11 heteroatoms. The van der Waals surface area contributed by atoms with E-state index in [0.717, 1.165) is 47.0 Å². The van der Waals surface area contributed by atoms with Crippen LogP contribution in [-0.4, -0.2) is 51.4 Å². The van der Waals surface area contributed by atoms with Gasteiger partial charge in [-0.25, -0.2) is 0 Å². The Morgan fingerprint density at radius 1 is 0.494 bits per heavy atom. The van der Waals surface area contributed by atoms with E-state index < -0.39 is 0 Å². The van der Waals surface area contributed by atoms with Gasteiger partial charge in [-0.15, -0.1) is 0 Å². The molecule has 11 nitrogen and oxygen atoms in total. The molecule has 0 amide bonds. The van der Waals surface area contributed by atoms with Crippen LogP contribution in [0.4, 0.5) is 0 Å². The maximum Gasteiger partial charge on any atom is 0.220 e.